The molecule has 6 heteroatoms. The third-order valence-corrected chi connectivity index (χ3v) is 8.29. The van der Waals surface area contributed by atoms with Gasteiger partial charge < -0.3 is 9.67 Å². The fourth-order valence-electron chi connectivity index (χ4n) is 2.25. The number of aliphatic carboxylic acids is 1. The third-order valence-electron chi connectivity index (χ3n) is 3.53. The molecule has 0 aliphatic carbocycles. The van der Waals surface area contributed by atoms with E-state index in [1.54, 1.807) is 0 Å². The smallest absolute Gasteiger partial charge is 0.303 e. The van der Waals surface area contributed by atoms with Gasteiger partial charge in [-0.1, -0.05) is 72.4 Å². The van der Waals surface area contributed by atoms with Crippen molar-refractivity contribution in [3.05, 3.63) is 60.7 Å². The molecule has 0 heterocycles. The molecule has 0 radical (unpaired) electrons. The number of benzene rings is 2. The van der Waals surface area contributed by atoms with Gasteiger partial charge in [0.25, 0.3) is 0 Å². The molecule has 0 aliphatic heterocycles. The van der Waals surface area contributed by atoms with E-state index in [4.69, 9.17) is 5.11 Å². The molecule has 126 valence electrons. The summed E-state index contributed by atoms with van der Waals surface area (Å²) in [5.41, 5.74) is 0.187. The zero-order chi connectivity index (χ0) is 17.4. The molecule has 1 N–H and O–H groups in total. The molecule has 0 bridgehead atoms. The van der Waals surface area contributed by atoms with E-state index in [-0.39, 0.29) is 23.5 Å². The van der Waals surface area contributed by atoms with Crippen molar-refractivity contribution in [1.82, 2.24) is 0 Å². The summed E-state index contributed by atoms with van der Waals surface area (Å²) in [5, 5.41) is 9.95. The van der Waals surface area contributed by atoms with Gasteiger partial charge in [0, 0.05) is 23.5 Å². The zero-order valence-electron chi connectivity index (χ0n) is 13.1. The van der Waals surface area contributed by atoms with Crippen molar-refractivity contribution in [1.29, 1.82) is 0 Å². The maximum absolute atomic E-state index is 13.6. The van der Waals surface area contributed by atoms with E-state index in [0.29, 0.717) is 6.42 Å². The number of carbonyl (C=O) groups excluding carboxylic acids is 1. The molecule has 0 amide bonds. The van der Waals surface area contributed by atoms with Crippen LogP contribution in [-0.4, -0.2) is 21.7 Å². The first-order valence-corrected chi connectivity index (χ1v) is 10.5. The summed E-state index contributed by atoms with van der Waals surface area (Å²) in [6, 6.07) is 18.4. The number of carboxylic acid groups (broad SMARTS) is 1. The molecule has 4 nitrogen and oxygen atoms in total. The molecule has 0 aromatic heterocycles. The summed E-state index contributed by atoms with van der Waals surface area (Å²) < 4.78 is 13.6. The van der Waals surface area contributed by atoms with Crippen LogP contribution < -0.4 is 10.6 Å². The molecule has 0 atom stereocenters. The Morgan fingerprint density at radius 3 is 1.83 bits per heavy atom. The number of carboxylic acids is 1. The molecular weight excluding hydrogens is 343 g/mol. The molecule has 0 saturated heterocycles. The minimum Gasteiger partial charge on any atom is -0.481 e. The Kier molecular flexibility index (Phi) is 6.83. The van der Waals surface area contributed by atoms with Crippen LogP contribution in [0.15, 0.2) is 60.7 Å². The number of rotatable bonds is 8. The SMILES string of the molecule is O=C(O)CCCC(=O)SCP(=O)(c1ccccc1)c1ccccc1. The second-order valence-electron chi connectivity index (χ2n) is 5.30. The molecule has 0 fully saturated rings. The minimum atomic E-state index is -2.90. The van der Waals surface area contributed by atoms with Gasteiger partial charge in [0.2, 0.25) is 0 Å². The largest absolute Gasteiger partial charge is 0.481 e. The van der Waals surface area contributed by atoms with Gasteiger partial charge in [0.1, 0.15) is 0 Å². The molecule has 0 spiro atoms. The van der Waals surface area contributed by atoms with Crippen LogP contribution in [-0.2, 0) is 14.2 Å². The lowest BCUT2D eigenvalue weighted by atomic mass is 10.2. The lowest BCUT2D eigenvalue weighted by Gasteiger charge is -2.18. The summed E-state index contributed by atoms with van der Waals surface area (Å²) >= 11 is 1.03. The van der Waals surface area contributed by atoms with E-state index in [1.807, 2.05) is 60.7 Å². The average Bonchev–Trinajstić information content (AvgIpc) is 2.61. The van der Waals surface area contributed by atoms with Crippen LogP contribution in [0.1, 0.15) is 19.3 Å². The second-order valence-corrected chi connectivity index (χ2v) is 9.59. The first kappa shape index (κ1) is 18.5. The quantitative estimate of drug-likeness (QED) is 0.728. The fourth-order valence-corrected chi connectivity index (χ4v) is 6.64. The van der Waals surface area contributed by atoms with Crippen molar-refractivity contribution < 1.29 is 19.3 Å². The maximum Gasteiger partial charge on any atom is 0.303 e. The molecule has 24 heavy (non-hydrogen) atoms. The molecular formula is C18H19O4PS. The molecule has 2 aromatic carbocycles. The number of thioether (sulfide) groups is 1. The van der Waals surface area contributed by atoms with Crippen molar-refractivity contribution in [3.63, 3.8) is 0 Å². The van der Waals surface area contributed by atoms with Crippen LogP contribution in [0.25, 0.3) is 0 Å². The predicted octanol–water partition coefficient (Wildman–Crippen LogP) is 3.47. The summed E-state index contributed by atoms with van der Waals surface area (Å²) in [7, 11) is -2.90. The minimum absolute atomic E-state index is 0.0265. The first-order valence-electron chi connectivity index (χ1n) is 7.60. The number of hydrogen-bond donors (Lipinski definition) is 1. The lowest BCUT2D eigenvalue weighted by Crippen LogP contribution is -2.18. The van der Waals surface area contributed by atoms with Crippen molar-refractivity contribution in [2.75, 3.05) is 5.49 Å². The number of carbonyl (C=O) groups is 2. The summed E-state index contributed by atoms with van der Waals surface area (Å²) in [6.45, 7) is 0. The summed E-state index contributed by atoms with van der Waals surface area (Å²) in [5.74, 6) is -0.910. The van der Waals surface area contributed by atoms with E-state index < -0.39 is 13.1 Å². The maximum atomic E-state index is 13.6. The Morgan fingerprint density at radius 2 is 1.38 bits per heavy atom. The van der Waals surface area contributed by atoms with Crippen molar-refractivity contribution in [3.8, 4) is 0 Å². The fraction of sp³-hybridized carbons (Fsp3) is 0.222. The topological polar surface area (TPSA) is 71.4 Å². The Balaban J connectivity index is 2.12. The van der Waals surface area contributed by atoms with Crippen molar-refractivity contribution >= 4 is 40.6 Å². The Hall–Kier alpha value is -1.84. The molecule has 2 rings (SSSR count). The first-order chi connectivity index (χ1) is 11.5. The van der Waals surface area contributed by atoms with Crippen LogP contribution in [0, 0.1) is 0 Å². The zero-order valence-corrected chi connectivity index (χ0v) is 14.8. The van der Waals surface area contributed by atoms with Crippen LogP contribution in [0.3, 0.4) is 0 Å². The van der Waals surface area contributed by atoms with Crippen LogP contribution >= 0.6 is 18.9 Å². The van der Waals surface area contributed by atoms with Gasteiger partial charge in [-0.25, -0.2) is 0 Å². The third kappa shape index (κ3) is 5.08. The Labute approximate surface area is 145 Å². The average molecular weight is 362 g/mol. The molecule has 2 aromatic rings. The van der Waals surface area contributed by atoms with Gasteiger partial charge >= 0.3 is 5.97 Å². The highest BCUT2D eigenvalue weighted by Crippen LogP contribution is 2.46. The van der Waals surface area contributed by atoms with E-state index in [9.17, 15) is 14.2 Å². The van der Waals surface area contributed by atoms with Gasteiger partial charge in [-0.3, -0.25) is 9.59 Å². The standard InChI is InChI=1S/C18H19O4PS/c19-17(20)12-7-13-18(21)24-14-23(22,15-8-3-1-4-9-15)16-10-5-2-6-11-16/h1-6,8-11H,7,12-14H2,(H,19,20). The molecule has 0 saturated carbocycles. The van der Waals surface area contributed by atoms with Gasteiger partial charge in [-0.15, -0.1) is 0 Å². The molecule has 0 unspecified atom stereocenters. The highest BCUT2D eigenvalue weighted by molar-refractivity contribution is 8.19. The molecule has 0 aliphatic rings. The lowest BCUT2D eigenvalue weighted by molar-refractivity contribution is -0.137. The van der Waals surface area contributed by atoms with Crippen molar-refractivity contribution in [2.45, 2.75) is 19.3 Å². The Bertz CT molecular complexity index is 688. The van der Waals surface area contributed by atoms with E-state index >= 15 is 0 Å². The van der Waals surface area contributed by atoms with Crippen LogP contribution in [0.2, 0.25) is 0 Å². The number of hydrogen-bond acceptors (Lipinski definition) is 4. The van der Waals surface area contributed by atoms with Gasteiger partial charge in [0.15, 0.2) is 12.3 Å². The van der Waals surface area contributed by atoms with E-state index in [1.165, 1.54) is 0 Å². The van der Waals surface area contributed by atoms with Crippen LogP contribution in [0.5, 0.6) is 0 Å². The summed E-state index contributed by atoms with van der Waals surface area (Å²) in [6.07, 6.45) is 0.462. The van der Waals surface area contributed by atoms with Crippen LogP contribution in [0.4, 0.5) is 0 Å². The Morgan fingerprint density at radius 1 is 0.875 bits per heavy atom. The van der Waals surface area contributed by atoms with Gasteiger partial charge in [-0.05, 0) is 6.42 Å². The van der Waals surface area contributed by atoms with Gasteiger partial charge in [0.05, 0.1) is 5.49 Å². The highest BCUT2D eigenvalue weighted by atomic mass is 32.2. The summed E-state index contributed by atoms with van der Waals surface area (Å²) in [4.78, 5) is 22.5. The monoisotopic (exact) mass is 362 g/mol. The van der Waals surface area contributed by atoms with Crippen molar-refractivity contribution in [2.24, 2.45) is 0 Å². The van der Waals surface area contributed by atoms with E-state index in [0.717, 1.165) is 22.4 Å². The van der Waals surface area contributed by atoms with E-state index in [2.05, 4.69) is 0 Å². The second kappa shape index (κ2) is 8.86. The highest BCUT2D eigenvalue weighted by Gasteiger charge is 2.28. The predicted molar refractivity (Wildman–Crippen MR) is 98.7 cm³/mol. The normalized spacial score (nSPS) is 11.2. The van der Waals surface area contributed by atoms with Gasteiger partial charge in [-0.2, -0.15) is 0 Å².